The fourth-order valence-electron chi connectivity index (χ4n) is 2.81. The zero-order valence-electron chi connectivity index (χ0n) is 14.9. The van der Waals surface area contributed by atoms with Gasteiger partial charge in [0.1, 0.15) is 18.1 Å². The maximum absolute atomic E-state index is 12.6. The molecule has 2 aromatic rings. The first-order valence-corrected chi connectivity index (χ1v) is 8.88. The largest absolute Gasteiger partial charge is 0.458 e. The highest BCUT2D eigenvalue weighted by atomic mass is 32.1. The monoisotopic (exact) mass is 380 g/mol. The Morgan fingerprint density at radius 3 is 2.67 bits per heavy atom. The number of hydrogen-bond donors (Lipinski definition) is 2. The Morgan fingerprint density at radius 2 is 1.93 bits per heavy atom. The summed E-state index contributed by atoms with van der Waals surface area (Å²) in [5.41, 5.74) is 1.98. The summed E-state index contributed by atoms with van der Waals surface area (Å²) < 4.78 is 11.1. The molecule has 1 aliphatic rings. The maximum atomic E-state index is 12.6. The Bertz CT molecular complexity index is 893. The number of thiocarbonyl (C=S) groups is 1. The number of esters is 1. The Hall–Kier alpha value is -3.12. The molecule has 0 saturated heterocycles. The first kappa shape index (κ1) is 18.7. The Labute approximate surface area is 163 Å². The van der Waals surface area contributed by atoms with Gasteiger partial charge in [-0.1, -0.05) is 43.0 Å². The van der Waals surface area contributed by atoms with Crippen molar-refractivity contribution >= 4 is 23.3 Å². The number of ether oxygens (including phenoxy) is 2. The van der Waals surface area contributed by atoms with Crippen molar-refractivity contribution in [2.45, 2.75) is 13.0 Å². The SMILES string of the molecule is C=CCOC(=O)C1=C(C)NC(=S)NC1c1cccc(Oc2ccccc2)c1. The van der Waals surface area contributed by atoms with E-state index in [4.69, 9.17) is 21.7 Å². The normalized spacial score (nSPS) is 16.2. The van der Waals surface area contributed by atoms with Crippen LogP contribution in [0.3, 0.4) is 0 Å². The molecule has 0 radical (unpaired) electrons. The minimum Gasteiger partial charge on any atom is -0.458 e. The molecule has 0 spiro atoms. The quantitative estimate of drug-likeness (QED) is 0.449. The Balaban J connectivity index is 1.91. The number of rotatable bonds is 6. The van der Waals surface area contributed by atoms with Crippen molar-refractivity contribution in [1.29, 1.82) is 0 Å². The van der Waals surface area contributed by atoms with Gasteiger partial charge in [-0.15, -0.1) is 0 Å². The first-order valence-electron chi connectivity index (χ1n) is 8.47. The molecule has 1 unspecified atom stereocenters. The summed E-state index contributed by atoms with van der Waals surface area (Å²) in [4.78, 5) is 12.6. The molecule has 138 valence electrons. The number of hydrogen-bond acceptors (Lipinski definition) is 4. The number of carbonyl (C=O) groups is 1. The van der Waals surface area contributed by atoms with Gasteiger partial charge in [0.2, 0.25) is 0 Å². The lowest BCUT2D eigenvalue weighted by molar-refractivity contribution is -0.138. The van der Waals surface area contributed by atoms with E-state index in [0.717, 1.165) is 11.3 Å². The number of allylic oxidation sites excluding steroid dienone is 1. The van der Waals surface area contributed by atoms with Crippen molar-refractivity contribution < 1.29 is 14.3 Å². The smallest absolute Gasteiger partial charge is 0.338 e. The summed E-state index contributed by atoms with van der Waals surface area (Å²) in [6.45, 7) is 5.52. The van der Waals surface area contributed by atoms with Gasteiger partial charge < -0.3 is 20.1 Å². The van der Waals surface area contributed by atoms with Crippen LogP contribution in [0.4, 0.5) is 0 Å². The Kier molecular flexibility index (Phi) is 5.88. The molecule has 0 aliphatic carbocycles. The van der Waals surface area contributed by atoms with Crippen LogP contribution in [-0.2, 0) is 9.53 Å². The third-order valence-corrected chi connectivity index (χ3v) is 4.21. The molecular formula is C21H20N2O3S. The van der Waals surface area contributed by atoms with Gasteiger partial charge in [-0.2, -0.15) is 0 Å². The summed E-state index contributed by atoms with van der Waals surface area (Å²) in [5, 5.41) is 6.58. The van der Waals surface area contributed by atoms with Crippen LogP contribution in [0.5, 0.6) is 11.5 Å². The molecule has 0 bridgehead atoms. The fraction of sp³-hybridized carbons (Fsp3) is 0.143. The van der Waals surface area contributed by atoms with Crippen molar-refractivity contribution in [1.82, 2.24) is 10.6 Å². The van der Waals surface area contributed by atoms with Crippen LogP contribution < -0.4 is 15.4 Å². The summed E-state index contributed by atoms with van der Waals surface area (Å²) in [7, 11) is 0. The van der Waals surface area contributed by atoms with E-state index in [9.17, 15) is 4.79 Å². The molecule has 1 atom stereocenters. The molecule has 0 saturated carbocycles. The fourth-order valence-corrected chi connectivity index (χ4v) is 3.08. The molecule has 1 heterocycles. The third kappa shape index (κ3) is 4.54. The zero-order valence-corrected chi connectivity index (χ0v) is 15.7. The maximum Gasteiger partial charge on any atom is 0.338 e. The van der Waals surface area contributed by atoms with Crippen LogP contribution in [0.2, 0.25) is 0 Å². The lowest BCUT2D eigenvalue weighted by Crippen LogP contribution is -2.45. The molecule has 2 N–H and O–H groups in total. The van der Waals surface area contributed by atoms with Crippen LogP contribution >= 0.6 is 12.2 Å². The number of carbonyl (C=O) groups excluding carboxylic acids is 1. The summed E-state index contributed by atoms with van der Waals surface area (Å²) in [5.74, 6) is 0.983. The highest BCUT2D eigenvalue weighted by Gasteiger charge is 2.31. The number of para-hydroxylation sites is 1. The topological polar surface area (TPSA) is 59.6 Å². The van der Waals surface area contributed by atoms with E-state index in [0.29, 0.717) is 22.1 Å². The van der Waals surface area contributed by atoms with Crippen LogP contribution in [0, 0.1) is 0 Å². The van der Waals surface area contributed by atoms with Crippen molar-refractivity contribution in [2.75, 3.05) is 6.61 Å². The van der Waals surface area contributed by atoms with E-state index in [2.05, 4.69) is 17.2 Å². The molecule has 6 heteroatoms. The van der Waals surface area contributed by atoms with Crippen LogP contribution in [0.25, 0.3) is 0 Å². The standard InChI is InChI=1S/C21H20N2O3S/c1-3-12-25-20(24)18-14(2)22-21(27)23-19(18)15-8-7-11-17(13-15)26-16-9-5-4-6-10-16/h3-11,13,19H,1,12H2,2H3,(H2,22,23,27). The van der Waals surface area contributed by atoms with Crippen LogP contribution in [-0.4, -0.2) is 17.7 Å². The molecule has 0 fully saturated rings. The van der Waals surface area contributed by atoms with Crippen molar-refractivity contribution in [2.24, 2.45) is 0 Å². The van der Waals surface area contributed by atoms with Crippen LogP contribution in [0.1, 0.15) is 18.5 Å². The van der Waals surface area contributed by atoms with E-state index >= 15 is 0 Å². The van der Waals surface area contributed by atoms with E-state index < -0.39 is 12.0 Å². The van der Waals surface area contributed by atoms with Gasteiger partial charge in [-0.25, -0.2) is 4.79 Å². The van der Waals surface area contributed by atoms with E-state index in [1.165, 1.54) is 6.08 Å². The lowest BCUT2D eigenvalue weighted by Gasteiger charge is -2.30. The second-order valence-electron chi connectivity index (χ2n) is 5.94. The average Bonchev–Trinajstić information content (AvgIpc) is 2.66. The highest BCUT2D eigenvalue weighted by molar-refractivity contribution is 7.80. The van der Waals surface area contributed by atoms with Crippen molar-refractivity contribution in [3.63, 3.8) is 0 Å². The van der Waals surface area contributed by atoms with E-state index in [1.807, 2.05) is 54.6 Å². The van der Waals surface area contributed by atoms with Gasteiger partial charge in [-0.05, 0) is 49.0 Å². The summed E-state index contributed by atoms with van der Waals surface area (Å²) >= 11 is 5.27. The summed E-state index contributed by atoms with van der Waals surface area (Å²) in [6, 6.07) is 16.6. The Morgan fingerprint density at radius 1 is 1.19 bits per heavy atom. The number of nitrogens with one attached hydrogen (secondary N) is 2. The van der Waals surface area contributed by atoms with Crippen molar-refractivity contribution in [3.8, 4) is 11.5 Å². The average molecular weight is 380 g/mol. The van der Waals surface area contributed by atoms with E-state index in [-0.39, 0.29) is 6.61 Å². The first-order chi connectivity index (χ1) is 13.1. The van der Waals surface area contributed by atoms with Gasteiger partial charge in [0.25, 0.3) is 0 Å². The van der Waals surface area contributed by atoms with Gasteiger partial charge >= 0.3 is 5.97 Å². The second-order valence-corrected chi connectivity index (χ2v) is 6.35. The predicted molar refractivity (Wildman–Crippen MR) is 108 cm³/mol. The van der Waals surface area contributed by atoms with Crippen molar-refractivity contribution in [3.05, 3.63) is 84.1 Å². The van der Waals surface area contributed by atoms with Gasteiger partial charge in [-0.3, -0.25) is 0 Å². The molecule has 2 aromatic carbocycles. The molecule has 0 aromatic heterocycles. The van der Waals surface area contributed by atoms with Gasteiger partial charge in [0.15, 0.2) is 5.11 Å². The molecule has 1 aliphatic heterocycles. The van der Waals surface area contributed by atoms with Gasteiger partial charge in [0, 0.05) is 5.70 Å². The van der Waals surface area contributed by atoms with Crippen LogP contribution in [0.15, 0.2) is 78.5 Å². The van der Waals surface area contributed by atoms with Gasteiger partial charge in [0.05, 0.1) is 11.6 Å². The third-order valence-electron chi connectivity index (χ3n) is 3.99. The predicted octanol–water partition coefficient (Wildman–Crippen LogP) is 4.00. The highest BCUT2D eigenvalue weighted by Crippen LogP contribution is 2.31. The molecule has 3 rings (SSSR count). The summed E-state index contributed by atoms with van der Waals surface area (Å²) in [6.07, 6.45) is 1.53. The zero-order chi connectivity index (χ0) is 19.2. The molecule has 0 amide bonds. The van der Waals surface area contributed by atoms with E-state index in [1.54, 1.807) is 6.92 Å². The minimum atomic E-state index is -0.435. The second kappa shape index (κ2) is 8.51. The lowest BCUT2D eigenvalue weighted by atomic mass is 9.95. The molecular weight excluding hydrogens is 360 g/mol. The number of benzene rings is 2. The molecule has 27 heavy (non-hydrogen) atoms. The molecule has 5 nitrogen and oxygen atoms in total. The minimum absolute atomic E-state index is 0.143.